The fourth-order valence-electron chi connectivity index (χ4n) is 2.39. The zero-order valence-corrected chi connectivity index (χ0v) is 18.0. The van der Waals surface area contributed by atoms with E-state index in [1.165, 1.54) is 25.7 Å². The minimum Gasteiger partial charge on any atom is -0.386 e. The molecule has 3 aromatic carbocycles. The maximum Gasteiger partial charge on any atom is 0.647 e. The highest BCUT2D eigenvalue weighted by molar-refractivity contribution is 7.49. The van der Waals surface area contributed by atoms with Crippen molar-refractivity contribution in [2.45, 2.75) is 39.5 Å². The van der Waals surface area contributed by atoms with Crippen LogP contribution in [0.4, 0.5) is 0 Å². The Balaban J connectivity index is 0.000000438. The van der Waals surface area contributed by atoms with Crippen LogP contribution in [0.1, 0.15) is 39.5 Å². The van der Waals surface area contributed by atoms with Crippen molar-refractivity contribution in [3.63, 3.8) is 0 Å². The van der Waals surface area contributed by atoms with E-state index >= 15 is 0 Å². The summed E-state index contributed by atoms with van der Waals surface area (Å²) in [7, 11) is -3.89. The lowest BCUT2D eigenvalue weighted by Gasteiger charge is -2.19. The van der Waals surface area contributed by atoms with Crippen LogP contribution in [-0.2, 0) is 4.57 Å². The normalized spacial score (nSPS) is 10.4. The van der Waals surface area contributed by atoms with Gasteiger partial charge in [-0.1, -0.05) is 94.1 Å². The van der Waals surface area contributed by atoms with Gasteiger partial charge in [-0.3, -0.25) is 0 Å². The average molecular weight is 412 g/mol. The Morgan fingerprint density at radius 1 is 0.552 bits per heavy atom. The molecule has 0 aliphatic rings. The van der Waals surface area contributed by atoms with Gasteiger partial charge in [0.2, 0.25) is 0 Å². The van der Waals surface area contributed by atoms with Crippen LogP contribution in [0.25, 0.3) is 0 Å². The second-order valence-corrected chi connectivity index (χ2v) is 7.81. The van der Waals surface area contributed by atoms with E-state index in [9.17, 15) is 4.57 Å². The van der Waals surface area contributed by atoms with Crippen LogP contribution in [0.3, 0.4) is 0 Å². The zero-order valence-electron chi connectivity index (χ0n) is 17.1. The number of phosphoric acid groups is 1. The smallest absolute Gasteiger partial charge is 0.386 e. The van der Waals surface area contributed by atoms with Gasteiger partial charge in [0.25, 0.3) is 0 Å². The number of rotatable bonds is 9. The molecule has 0 atom stereocenters. The van der Waals surface area contributed by atoms with Crippen molar-refractivity contribution >= 4 is 7.82 Å². The second-order valence-electron chi connectivity index (χ2n) is 6.37. The van der Waals surface area contributed by atoms with E-state index in [-0.39, 0.29) is 0 Å². The molecule has 0 saturated carbocycles. The molecule has 0 aliphatic carbocycles. The van der Waals surface area contributed by atoms with Gasteiger partial charge < -0.3 is 13.6 Å². The van der Waals surface area contributed by atoms with Crippen LogP contribution in [-0.4, -0.2) is 0 Å². The molecule has 0 amide bonds. The van der Waals surface area contributed by atoms with Gasteiger partial charge >= 0.3 is 7.82 Å². The molecule has 0 heterocycles. The van der Waals surface area contributed by atoms with Gasteiger partial charge in [-0.15, -0.1) is 0 Å². The van der Waals surface area contributed by atoms with Gasteiger partial charge in [0, 0.05) is 0 Å². The molecule has 0 saturated heterocycles. The highest BCUT2D eigenvalue weighted by Crippen LogP contribution is 2.49. The summed E-state index contributed by atoms with van der Waals surface area (Å²) in [5.41, 5.74) is 0. The lowest BCUT2D eigenvalue weighted by atomic mass is 10.2. The molecule has 0 aliphatic heterocycles. The predicted molar refractivity (Wildman–Crippen MR) is 119 cm³/mol. The van der Waals surface area contributed by atoms with Crippen LogP contribution >= 0.6 is 7.82 Å². The summed E-state index contributed by atoms with van der Waals surface area (Å²) in [6, 6.07) is 26.4. The van der Waals surface area contributed by atoms with Crippen molar-refractivity contribution < 1.29 is 18.1 Å². The molecule has 5 heteroatoms. The Kier molecular flexibility index (Phi) is 9.88. The summed E-state index contributed by atoms with van der Waals surface area (Å²) in [5.74, 6) is 1.22. The van der Waals surface area contributed by atoms with Gasteiger partial charge in [0.15, 0.2) is 0 Å². The zero-order chi connectivity index (χ0) is 20.8. The van der Waals surface area contributed by atoms with Crippen molar-refractivity contribution in [2.75, 3.05) is 0 Å². The van der Waals surface area contributed by atoms with Crippen LogP contribution in [0, 0.1) is 0 Å². The number of phosphoric ester groups is 1. The molecule has 0 unspecified atom stereocenters. The fourth-order valence-corrected chi connectivity index (χ4v) is 3.64. The first kappa shape index (κ1) is 22.6. The van der Waals surface area contributed by atoms with Gasteiger partial charge in [-0.2, -0.15) is 4.57 Å². The SMILES string of the molecule is CCCCCC.O=P(Oc1ccccc1)(Oc1ccccc1)Oc1ccccc1. The van der Waals surface area contributed by atoms with Crippen molar-refractivity contribution in [3.05, 3.63) is 91.0 Å². The van der Waals surface area contributed by atoms with E-state index in [0.717, 1.165) is 0 Å². The van der Waals surface area contributed by atoms with Crippen LogP contribution in [0.2, 0.25) is 0 Å². The molecule has 0 bridgehead atoms. The Hall–Kier alpha value is -2.71. The van der Waals surface area contributed by atoms with E-state index in [4.69, 9.17) is 13.6 Å². The minimum absolute atomic E-state index is 0.405. The Bertz CT molecular complexity index is 726. The van der Waals surface area contributed by atoms with Gasteiger partial charge in [-0.25, -0.2) is 0 Å². The van der Waals surface area contributed by atoms with Crippen molar-refractivity contribution in [1.29, 1.82) is 0 Å². The predicted octanol–water partition coefficient (Wildman–Crippen LogP) is 7.92. The third kappa shape index (κ3) is 8.89. The minimum atomic E-state index is -3.89. The molecule has 4 nitrogen and oxygen atoms in total. The largest absolute Gasteiger partial charge is 0.647 e. The first-order valence-corrected chi connectivity index (χ1v) is 11.4. The lowest BCUT2D eigenvalue weighted by Crippen LogP contribution is -2.07. The van der Waals surface area contributed by atoms with E-state index in [1.807, 2.05) is 18.2 Å². The molecule has 0 spiro atoms. The molecule has 0 fully saturated rings. The number of hydrogen-bond donors (Lipinski definition) is 0. The molecule has 0 radical (unpaired) electrons. The number of unbranched alkanes of at least 4 members (excludes halogenated alkanes) is 3. The van der Waals surface area contributed by atoms with Crippen LogP contribution in [0.15, 0.2) is 91.0 Å². The van der Waals surface area contributed by atoms with E-state index < -0.39 is 7.82 Å². The summed E-state index contributed by atoms with van der Waals surface area (Å²) < 4.78 is 29.6. The highest BCUT2D eigenvalue weighted by Gasteiger charge is 2.33. The molecular formula is C24H29O4P. The van der Waals surface area contributed by atoms with E-state index in [0.29, 0.717) is 17.2 Å². The molecular weight excluding hydrogens is 383 g/mol. The molecule has 3 aromatic rings. The third-order valence-electron chi connectivity index (χ3n) is 3.84. The standard InChI is InChI=1S/C18H15O4P.C6H14/c19-23(20-16-10-4-1-5-11-16,21-17-12-6-2-7-13-17)22-18-14-8-3-9-15-18;1-3-5-6-4-2/h1-15H;3-6H2,1-2H3. The maximum atomic E-state index is 13.1. The van der Waals surface area contributed by atoms with E-state index in [2.05, 4.69) is 13.8 Å². The Morgan fingerprint density at radius 3 is 1.07 bits per heavy atom. The average Bonchev–Trinajstić information content (AvgIpc) is 2.74. The third-order valence-corrected chi connectivity index (χ3v) is 5.14. The van der Waals surface area contributed by atoms with Gasteiger partial charge in [-0.05, 0) is 36.4 Å². The summed E-state index contributed by atoms with van der Waals surface area (Å²) in [6.07, 6.45) is 5.54. The number of benzene rings is 3. The number of hydrogen-bond acceptors (Lipinski definition) is 4. The summed E-state index contributed by atoms with van der Waals surface area (Å²) in [4.78, 5) is 0. The highest BCUT2D eigenvalue weighted by atomic mass is 31.2. The van der Waals surface area contributed by atoms with Gasteiger partial charge in [0.05, 0.1) is 0 Å². The first-order chi connectivity index (χ1) is 14.1. The molecule has 29 heavy (non-hydrogen) atoms. The van der Waals surface area contributed by atoms with E-state index in [1.54, 1.807) is 72.8 Å². The lowest BCUT2D eigenvalue weighted by molar-refractivity contribution is 0.298. The summed E-state index contributed by atoms with van der Waals surface area (Å²) in [5, 5.41) is 0. The summed E-state index contributed by atoms with van der Waals surface area (Å²) in [6.45, 7) is 4.46. The molecule has 3 rings (SSSR count). The summed E-state index contributed by atoms with van der Waals surface area (Å²) >= 11 is 0. The quantitative estimate of drug-likeness (QED) is 0.264. The van der Waals surface area contributed by atoms with Crippen molar-refractivity contribution in [2.24, 2.45) is 0 Å². The fraction of sp³-hybridized carbons (Fsp3) is 0.250. The maximum absolute atomic E-state index is 13.1. The van der Waals surface area contributed by atoms with Crippen molar-refractivity contribution in [3.8, 4) is 17.2 Å². The Labute approximate surface area is 174 Å². The number of para-hydroxylation sites is 3. The van der Waals surface area contributed by atoms with Gasteiger partial charge in [0.1, 0.15) is 17.2 Å². The topological polar surface area (TPSA) is 44.8 Å². The Morgan fingerprint density at radius 2 is 0.828 bits per heavy atom. The monoisotopic (exact) mass is 412 g/mol. The first-order valence-electron chi connectivity index (χ1n) is 9.99. The molecule has 0 aromatic heterocycles. The molecule has 0 N–H and O–H groups in total. The molecule has 154 valence electrons. The van der Waals surface area contributed by atoms with Crippen LogP contribution < -0.4 is 13.6 Å². The van der Waals surface area contributed by atoms with Crippen LogP contribution in [0.5, 0.6) is 17.2 Å². The second kappa shape index (κ2) is 12.7. The van der Waals surface area contributed by atoms with Crippen molar-refractivity contribution in [1.82, 2.24) is 0 Å².